The maximum atomic E-state index is 13.5. The lowest BCUT2D eigenvalue weighted by Crippen LogP contribution is -2.41. The molecule has 2 aliphatic heterocycles. The molecule has 40 heavy (non-hydrogen) atoms. The summed E-state index contributed by atoms with van der Waals surface area (Å²) < 4.78 is 10.6. The fourth-order valence-corrected chi connectivity index (χ4v) is 5.72. The van der Waals surface area contributed by atoms with Crippen molar-refractivity contribution in [3.8, 4) is 11.5 Å². The van der Waals surface area contributed by atoms with Gasteiger partial charge in [-0.05, 0) is 42.1 Å². The molecule has 10 nitrogen and oxygen atoms in total. The number of carbonyl (C=O) groups is 3. The first-order valence-electron chi connectivity index (χ1n) is 12.5. The van der Waals surface area contributed by atoms with E-state index in [2.05, 4.69) is 15.6 Å². The van der Waals surface area contributed by atoms with Gasteiger partial charge in [0.15, 0.2) is 5.17 Å². The minimum absolute atomic E-state index is 0.00574. The Morgan fingerprint density at radius 3 is 2.70 bits per heavy atom. The van der Waals surface area contributed by atoms with E-state index in [9.17, 15) is 14.4 Å². The third-order valence-corrected chi connectivity index (χ3v) is 8.06. The number of benzene rings is 2. The number of thiophene rings is 1. The molecule has 3 heterocycles. The van der Waals surface area contributed by atoms with Crippen molar-refractivity contribution in [1.29, 1.82) is 0 Å². The second-order valence-electron chi connectivity index (χ2n) is 8.85. The number of ether oxygens (including phenoxy) is 2. The summed E-state index contributed by atoms with van der Waals surface area (Å²) in [5.74, 6) is 0.838. The fraction of sp³-hybridized carbons (Fsp3) is 0.250. The smallest absolute Gasteiger partial charge is 0.259 e. The molecule has 12 heteroatoms. The molecular formula is C28H27N5O5S2. The first-order valence-corrected chi connectivity index (χ1v) is 14.4. The predicted octanol–water partition coefficient (Wildman–Crippen LogP) is 4.19. The highest BCUT2D eigenvalue weighted by molar-refractivity contribution is 8.14. The lowest BCUT2D eigenvalue weighted by Gasteiger charge is -2.25. The molecule has 0 radical (unpaired) electrons. The van der Waals surface area contributed by atoms with Crippen molar-refractivity contribution in [2.24, 2.45) is 9.98 Å². The second kappa shape index (κ2) is 12.3. The molecular weight excluding hydrogens is 550 g/mol. The van der Waals surface area contributed by atoms with Crippen LogP contribution in [0, 0.1) is 0 Å². The summed E-state index contributed by atoms with van der Waals surface area (Å²) in [6, 6.07) is 15.7. The number of para-hydroxylation sites is 1. The lowest BCUT2D eigenvalue weighted by atomic mass is 10.1. The van der Waals surface area contributed by atoms with E-state index in [1.807, 2.05) is 41.8 Å². The van der Waals surface area contributed by atoms with Gasteiger partial charge in [-0.2, -0.15) is 0 Å². The molecule has 0 saturated carbocycles. The van der Waals surface area contributed by atoms with Crippen LogP contribution in [0.3, 0.4) is 0 Å². The number of nitrogens with one attached hydrogen (secondary N) is 2. The monoisotopic (exact) mass is 577 g/mol. The van der Waals surface area contributed by atoms with Gasteiger partial charge >= 0.3 is 0 Å². The third kappa shape index (κ3) is 6.02. The zero-order chi connectivity index (χ0) is 28.1. The van der Waals surface area contributed by atoms with Crippen LogP contribution in [-0.4, -0.2) is 59.6 Å². The van der Waals surface area contributed by atoms with Crippen LogP contribution in [0.15, 0.2) is 70.0 Å². The van der Waals surface area contributed by atoms with E-state index < -0.39 is 6.04 Å². The molecule has 0 spiro atoms. The topological polar surface area (TPSA) is 122 Å². The number of amides is 3. The van der Waals surface area contributed by atoms with Crippen LogP contribution in [0.1, 0.15) is 23.3 Å². The zero-order valence-corrected chi connectivity index (χ0v) is 23.5. The Balaban J connectivity index is 1.26. The summed E-state index contributed by atoms with van der Waals surface area (Å²) in [7, 11) is 3.06. The van der Waals surface area contributed by atoms with Crippen molar-refractivity contribution < 1.29 is 23.9 Å². The number of anilines is 1. The average Bonchev–Trinajstić information content (AvgIpc) is 3.61. The minimum Gasteiger partial charge on any atom is -0.497 e. The minimum atomic E-state index is -0.714. The number of thioether (sulfide) groups is 1. The highest BCUT2D eigenvalue weighted by Gasteiger charge is 2.41. The Hall–Kier alpha value is -4.16. The average molecular weight is 578 g/mol. The number of methoxy groups -OCH3 is 2. The van der Waals surface area contributed by atoms with Gasteiger partial charge in [0.2, 0.25) is 11.8 Å². The molecule has 3 aromatic rings. The molecule has 206 valence electrons. The van der Waals surface area contributed by atoms with E-state index in [1.54, 1.807) is 36.6 Å². The lowest BCUT2D eigenvalue weighted by molar-refractivity contribution is -0.125. The maximum Gasteiger partial charge on any atom is 0.259 e. The van der Waals surface area contributed by atoms with Gasteiger partial charge in [0.05, 0.1) is 37.9 Å². The van der Waals surface area contributed by atoms with E-state index in [4.69, 9.17) is 14.5 Å². The number of fused-ring (bicyclic) bond motifs is 3. The number of rotatable bonds is 10. The van der Waals surface area contributed by atoms with Crippen LogP contribution in [0.5, 0.6) is 11.5 Å². The van der Waals surface area contributed by atoms with Crippen LogP contribution in [0.25, 0.3) is 0 Å². The summed E-state index contributed by atoms with van der Waals surface area (Å²) in [5.41, 5.74) is 1.87. The third-order valence-electron chi connectivity index (χ3n) is 6.25. The first kappa shape index (κ1) is 27.4. The molecule has 0 unspecified atom stereocenters. The Labute approximate surface area is 239 Å². The number of aliphatic imine (C=N–C) groups is 2. The number of amidine groups is 2. The molecule has 3 amide bonds. The Morgan fingerprint density at radius 2 is 1.93 bits per heavy atom. The van der Waals surface area contributed by atoms with Crippen molar-refractivity contribution >= 4 is 63.2 Å². The Morgan fingerprint density at radius 1 is 1.07 bits per heavy atom. The predicted molar refractivity (Wildman–Crippen MR) is 157 cm³/mol. The highest BCUT2D eigenvalue weighted by Crippen LogP contribution is 2.35. The summed E-state index contributed by atoms with van der Waals surface area (Å²) in [6.07, 6.45) is 0.434. The molecule has 1 atom stereocenters. The Bertz CT molecular complexity index is 1490. The molecule has 0 fully saturated rings. The molecule has 0 bridgehead atoms. The molecule has 2 N–H and O–H groups in total. The largest absolute Gasteiger partial charge is 0.497 e. The second-order valence-corrected chi connectivity index (χ2v) is 10.8. The van der Waals surface area contributed by atoms with Crippen LogP contribution in [0.4, 0.5) is 11.4 Å². The van der Waals surface area contributed by atoms with Crippen molar-refractivity contribution in [2.75, 3.05) is 25.3 Å². The summed E-state index contributed by atoms with van der Waals surface area (Å²) in [4.78, 5) is 50.6. The van der Waals surface area contributed by atoms with E-state index in [1.165, 1.54) is 12.0 Å². The molecule has 2 aliphatic rings. The molecule has 5 rings (SSSR count). The Kier molecular flexibility index (Phi) is 8.46. The zero-order valence-electron chi connectivity index (χ0n) is 21.9. The van der Waals surface area contributed by atoms with Gasteiger partial charge in [-0.25, -0.2) is 9.89 Å². The van der Waals surface area contributed by atoms with Crippen molar-refractivity contribution in [3.05, 3.63) is 70.4 Å². The van der Waals surface area contributed by atoms with Gasteiger partial charge in [-0.3, -0.25) is 19.4 Å². The number of hydrogen-bond acceptors (Lipinski definition) is 9. The van der Waals surface area contributed by atoms with Gasteiger partial charge in [-0.15, -0.1) is 11.3 Å². The molecule has 2 aromatic carbocycles. The van der Waals surface area contributed by atoms with Crippen LogP contribution < -0.4 is 20.1 Å². The van der Waals surface area contributed by atoms with E-state index >= 15 is 0 Å². The van der Waals surface area contributed by atoms with Crippen LogP contribution in [-0.2, 0) is 20.9 Å². The standard InChI is InChI=1S/C28H27N5O5S2/c1-37-17-9-11-23(38-2)22(14-17)30-25(35)16-40-28-32-20-8-4-3-7-19(20)26-31-21(27(36)33(26)28)10-12-24(34)29-15-18-6-5-13-39-18/h3-9,11,13-14,21H,10,12,15-16H2,1-2H3,(H,29,34)(H,30,35)/t21-/m1/s1. The van der Waals surface area contributed by atoms with Crippen molar-refractivity contribution in [2.45, 2.75) is 25.4 Å². The molecule has 1 aromatic heterocycles. The normalized spacial score (nSPS) is 15.5. The summed E-state index contributed by atoms with van der Waals surface area (Å²) in [6.45, 7) is 0.459. The van der Waals surface area contributed by atoms with Crippen molar-refractivity contribution in [1.82, 2.24) is 10.2 Å². The summed E-state index contributed by atoms with van der Waals surface area (Å²) in [5, 5.41) is 8.04. The van der Waals surface area contributed by atoms with E-state index in [-0.39, 0.29) is 36.3 Å². The highest BCUT2D eigenvalue weighted by atomic mass is 32.2. The van der Waals surface area contributed by atoms with Gasteiger partial charge in [-0.1, -0.05) is 30.0 Å². The van der Waals surface area contributed by atoms with E-state index in [0.29, 0.717) is 40.4 Å². The molecule has 0 saturated heterocycles. The number of carbonyl (C=O) groups excluding carboxylic acids is 3. The maximum absolute atomic E-state index is 13.5. The number of nitrogens with zero attached hydrogens (tertiary/aromatic N) is 3. The van der Waals surface area contributed by atoms with Gasteiger partial charge in [0.1, 0.15) is 23.4 Å². The van der Waals surface area contributed by atoms with E-state index in [0.717, 1.165) is 22.2 Å². The van der Waals surface area contributed by atoms with Crippen molar-refractivity contribution in [3.63, 3.8) is 0 Å². The fourth-order valence-electron chi connectivity index (χ4n) is 4.27. The SMILES string of the molecule is COc1ccc(OC)c(NC(=O)CSC2=Nc3ccccc3C3=N[C@H](CCC(=O)NCc4cccs4)C(=O)N23)c1. The summed E-state index contributed by atoms with van der Waals surface area (Å²) >= 11 is 2.71. The molecule has 0 aliphatic carbocycles. The first-order chi connectivity index (χ1) is 19.5. The number of hydrogen-bond donors (Lipinski definition) is 2. The van der Waals surface area contributed by atoms with Crippen LogP contribution in [0.2, 0.25) is 0 Å². The van der Waals surface area contributed by atoms with Gasteiger partial charge in [0, 0.05) is 22.9 Å². The van der Waals surface area contributed by atoms with Crippen LogP contribution >= 0.6 is 23.1 Å². The van der Waals surface area contributed by atoms with Gasteiger partial charge < -0.3 is 20.1 Å². The van der Waals surface area contributed by atoms with Gasteiger partial charge in [0.25, 0.3) is 5.91 Å². The quantitative estimate of drug-likeness (QED) is 0.373.